The molecule has 0 radical (unpaired) electrons. The first-order valence-corrected chi connectivity index (χ1v) is 13.6. The van der Waals surface area contributed by atoms with Crippen molar-refractivity contribution in [2.24, 2.45) is 0 Å². The Bertz CT molecular complexity index is 2230. The second-order valence-electron chi connectivity index (χ2n) is 9.95. The fraction of sp³-hybridized carbons (Fsp3) is 0. The van der Waals surface area contributed by atoms with E-state index in [1.54, 1.807) is 0 Å². The molecule has 0 aliphatic carbocycles. The van der Waals surface area contributed by atoms with Gasteiger partial charge in [0.2, 0.25) is 0 Å². The predicted molar refractivity (Wildman–Crippen MR) is 166 cm³/mol. The van der Waals surface area contributed by atoms with Crippen LogP contribution in [0.1, 0.15) is 0 Å². The van der Waals surface area contributed by atoms with E-state index in [9.17, 15) is 0 Å². The van der Waals surface area contributed by atoms with E-state index in [2.05, 4.69) is 91.0 Å². The van der Waals surface area contributed by atoms with Crippen LogP contribution in [0.25, 0.3) is 77.4 Å². The maximum Gasteiger partial charge on any atom is 0.161 e. The number of aromatic nitrogens is 2. The van der Waals surface area contributed by atoms with Gasteiger partial charge in [-0.3, -0.25) is 0 Å². The Morgan fingerprint density at radius 1 is 0.500 bits per heavy atom. The number of halogens is 1. The lowest BCUT2D eigenvalue weighted by Gasteiger charge is -2.12. The molecule has 40 heavy (non-hydrogen) atoms. The number of hydrogen-bond donors (Lipinski definition) is 0. The van der Waals surface area contributed by atoms with Gasteiger partial charge in [-0.1, -0.05) is 103 Å². The summed E-state index contributed by atoms with van der Waals surface area (Å²) in [5.41, 5.74) is 7.69. The van der Waals surface area contributed by atoms with Crippen LogP contribution in [-0.2, 0) is 0 Å². The van der Waals surface area contributed by atoms with Crippen molar-refractivity contribution in [2.45, 2.75) is 0 Å². The molecule has 2 heterocycles. The Hall–Kier alpha value is -4.99. The number of benzene rings is 6. The van der Waals surface area contributed by atoms with Gasteiger partial charge >= 0.3 is 0 Å². The molecule has 0 atom stereocenters. The molecule has 0 aliphatic heterocycles. The smallest absolute Gasteiger partial charge is 0.161 e. The molecule has 0 aliphatic rings. The van der Waals surface area contributed by atoms with Gasteiger partial charge in [-0.15, -0.1) is 0 Å². The monoisotopic (exact) mass is 532 g/mol. The largest absolute Gasteiger partial charge is 0.456 e. The minimum atomic E-state index is 0.662. The number of fused-ring (bicyclic) bond motifs is 6. The molecule has 2 aromatic heterocycles. The van der Waals surface area contributed by atoms with E-state index in [1.165, 1.54) is 5.56 Å². The van der Waals surface area contributed by atoms with E-state index in [1.807, 2.05) is 36.4 Å². The second kappa shape index (κ2) is 9.04. The zero-order valence-electron chi connectivity index (χ0n) is 21.3. The molecule has 0 N–H and O–H groups in total. The molecular formula is C36H21ClN2O. The van der Waals surface area contributed by atoms with Crippen molar-refractivity contribution in [2.75, 3.05) is 0 Å². The van der Waals surface area contributed by atoms with Crippen molar-refractivity contribution in [3.8, 4) is 33.8 Å². The highest BCUT2D eigenvalue weighted by Crippen LogP contribution is 2.41. The third-order valence-electron chi connectivity index (χ3n) is 7.53. The Labute approximate surface area is 235 Å². The third kappa shape index (κ3) is 3.67. The predicted octanol–water partition coefficient (Wildman–Crippen LogP) is 10.3. The summed E-state index contributed by atoms with van der Waals surface area (Å²) in [6, 6.07) is 43.4. The lowest BCUT2D eigenvalue weighted by atomic mass is 9.97. The maximum atomic E-state index is 6.37. The summed E-state index contributed by atoms with van der Waals surface area (Å²) in [6.45, 7) is 0. The van der Waals surface area contributed by atoms with Crippen LogP contribution >= 0.6 is 11.6 Å². The third-order valence-corrected chi connectivity index (χ3v) is 7.76. The first-order chi connectivity index (χ1) is 19.7. The molecule has 0 saturated heterocycles. The van der Waals surface area contributed by atoms with Crippen molar-refractivity contribution in [1.82, 2.24) is 9.97 Å². The summed E-state index contributed by atoms with van der Waals surface area (Å²) in [7, 11) is 0. The van der Waals surface area contributed by atoms with Gasteiger partial charge in [0.05, 0.1) is 11.2 Å². The van der Waals surface area contributed by atoms with Crippen LogP contribution in [0.5, 0.6) is 0 Å². The SMILES string of the molecule is Clc1ccc2oc3cc(-c4nc(-c5cccc(-c6ccccc6)c5)c5ccccc5n4)c4ccccc4c3c2c1. The first-order valence-electron chi connectivity index (χ1n) is 13.2. The number of rotatable bonds is 3. The highest BCUT2D eigenvalue weighted by atomic mass is 35.5. The molecule has 0 amide bonds. The Balaban J connectivity index is 1.41. The highest BCUT2D eigenvalue weighted by molar-refractivity contribution is 6.32. The summed E-state index contributed by atoms with van der Waals surface area (Å²) < 4.78 is 6.33. The summed E-state index contributed by atoms with van der Waals surface area (Å²) in [4.78, 5) is 10.3. The quantitative estimate of drug-likeness (QED) is 0.227. The average Bonchev–Trinajstić information content (AvgIpc) is 3.38. The molecule has 0 spiro atoms. The molecule has 0 fully saturated rings. The van der Waals surface area contributed by atoms with E-state index in [-0.39, 0.29) is 0 Å². The summed E-state index contributed by atoms with van der Waals surface area (Å²) in [5, 5.41) is 5.90. The van der Waals surface area contributed by atoms with Crippen LogP contribution in [0.15, 0.2) is 132 Å². The molecule has 8 rings (SSSR count). The summed E-state index contributed by atoms with van der Waals surface area (Å²) in [6.07, 6.45) is 0. The number of para-hydroxylation sites is 1. The molecule has 8 aromatic rings. The van der Waals surface area contributed by atoms with Gasteiger partial charge in [0.15, 0.2) is 5.82 Å². The number of nitrogens with zero attached hydrogens (tertiary/aromatic N) is 2. The van der Waals surface area contributed by atoms with Crippen LogP contribution in [0.4, 0.5) is 0 Å². The van der Waals surface area contributed by atoms with E-state index in [0.717, 1.165) is 66.0 Å². The van der Waals surface area contributed by atoms with Crippen molar-refractivity contribution in [3.05, 3.63) is 132 Å². The van der Waals surface area contributed by atoms with Crippen LogP contribution in [0.2, 0.25) is 5.02 Å². The molecule has 0 saturated carbocycles. The van der Waals surface area contributed by atoms with Gasteiger partial charge in [-0.05, 0) is 58.3 Å². The van der Waals surface area contributed by atoms with Gasteiger partial charge < -0.3 is 4.42 Å². The van der Waals surface area contributed by atoms with Crippen LogP contribution < -0.4 is 0 Å². The van der Waals surface area contributed by atoms with Gasteiger partial charge in [0, 0.05) is 32.3 Å². The second-order valence-corrected chi connectivity index (χ2v) is 10.4. The van der Waals surface area contributed by atoms with Gasteiger partial charge in [0.1, 0.15) is 11.2 Å². The van der Waals surface area contributed by atoms with Gasteiger partial charge in [-0.2, -0.15) is 0 Å². The van der Waals surface area contributed by atoms with Crippen molar-refractivity contribution in [3.63, 3.8) is 0 Å². The topological polar surface area (TPSA) is 38.9 Å². The van der Waals surface area contributed by atoms with E-state index >= 15 is 0 Å². The molecule has 3 nitrogen and oxygen atoms in total. The van der Waals surface area contributed by atoms with E-state index < -0.39 is 0 Å². The van der Waals surface area contributed by atoms with Crippen LogP contribution in [0, 0.1) is 0 Å². The minimum absolute atomic E-state index is 0.662. The fourth-order valence-corrected chi connectivity index (χ4v) is 5.86. The lowest BCUT2D eigenvalue weighted by molar-refractivity contribution is 0.669. The molecule has 0 unspecified atom stereocenters. The Morgan fingerprint density at radius 3 is 2.10 bits per heavy atom. The maximum absolute atomic E-state index is 6.37. The first kappa shape index (κ1) is 22.9. The zero-order valence-corrected chi connectivity index (χ0v) is 22.1. The molecule has 188 valence electrons. The lowest BCUT2D eigenvalue weighted by Crippen LogP contribution is -1.96. The summed E-state index contributed by atoms with van der Waals surface area (Å²) in [5.74, 6) is 0.662. The molecule has 0 bridgehead atoms. The Kier molecular flexibility index (Phi) is 5.19. The fourth-order valence-electron chi connectivity index (χ4n) is 5.69. The standard InChI is InChI=1S/C36H21ClN2O/c37-25-17-18-32-30(20-25)34-27-14-5-4-13-26(27)29(21-33(34)40-32)36-38-31-16-7-6-15-28(31)35(39-36)24-12-8-11-23(19-24)22-9-2-1-3-10-22/h1-21H. The molecular weight excluding hydrogens is 512 g/mol. The van der Waals surface area contributed by atoms with Crippen molar-refractivity contribution < 1.29 is 4.42 Å². The highest BCUT2D eigenvalue weighted by Gasteiger charge is 2.18. The summed E-state index contributed by atoms with van der Waals surface area (Å²) >= 11 is 6.37. The minimum Gasteiger partial charge on any atom is -0.456 e. The Morgan fingerprint density at radius 2 is 1.23 bits per heavy atom. The normalized spacial score (nSPS) is 11.6. The molecule has 6 aromatic carbocycles. The van der Waals surface area contributed by atoms with Crippen LogP contribution in [0.3, 0.4) is 0 Å². The van der Waals surface area contributed by atoms with Crippen LogP contribution in [-0.4, -0.2) is 9.97 Å². The van der Waals surface area contributed by atoms with Crippen molar-refractivity contribution in [1.29, 1.82) is 0 Å². The van der Waals surface area contributed by atoms with E-state index in [4.69, 9.17) is 26.0 Å². The molecule has 4 heteroatoms. The van der Waals surface area contributed by atoms with E-state index in [0.29, 0.717) is 10.8 Å². The van der Waals surface area contributed by atoms with Gasteiger partial charge in [-0.25, -0.2) is 9.97 Å². The number of furan rings is 1. The zero-order chi connectivity index (χ0) is 26.6. The van der Waals surface area contributed by atoms with Gasteiger partial charge in [0.25, 0.3) is 0 Å². The average molecular weight is 533 g/mol. The number of hydrogen-bond acceptors (Lipinski definition) is 3. The van der Waals surface area contributed by atoms with Crippen molar-refractivity contribution >= 4 is 55.2 Å².